The van der Waals surface area contributed by atoms with Crippen LogP contribution in [0.15, 0.2) is 36.7 Å². The van der Waals surface area contributed by atoms with E-state index in [-0.39, 0.29) is 0 Å². The summed E-state index contributed by atoms with van der Waals surface area (Å²) in [6.45, 7) is 2.03. The highest BCUT2D eigenvalue weighted by Crippen LogP contribution is 2.28. The number of hydrogen-bond acceptors (Lipinski definition) is 3. The second-order valence-electron chi connectivity index (χ2n) is 4.13. The maximum absolute atomic E-state index is 6.19. The summed E-state index contributed by atoms with van der Waals surface area (Å²) >= 11 is 6.19. The van der Waals surface area contributed by atoms with Crippen LogP contribution >= 0.6 is 11.6 Å². The molecule has 0 spiro atoms. The number of benzene rings is 1. The molecule has 1 aromatic carbocycles. The standard InChI is InChI=1S/C13H11ClN4/c1-8-3-2-4-9(5-8)18-12-10(14)6-16-7-11(12)17-13(18)15/h2-7H,1H3,(H2,15,17). The summed E-state index contributed by atoms with van der Waals surface area (Å²) in [5, 5.41) is 0.540. The van der Waals surface area contributed by atoms with Crippen molar-refractivity contribution in [2.45, 2.75) is 6.92 Å². The van der Waals surface area contributed by atoms with Gasteiger partial charge in [0.25, 0.3) is 0 Å². The topological polar surface area (TPSA) is 56.7 Å². The van der Waals surface area contributed by atoms with Crippen molar-refractivity contribution in [2.24, 2.45) is 0 Å². The van der Waals surface area contributed by atoms with Gasteiger partial charge in [0.05, 0.1) is 16.7 Å². The molecule has 18 heavy (non-hydrogen) atoms. The molecule has 5 heteroatoms. The van der Waals surface area contributed by atoms with E-state index in [4.69, 9.17) is 17.3 Å². The molecule has 0 aliphatic heterocycles. The molecule has 0 aliphatic rings. The third-order valence-corrected chi connectivity index (χ3v) is 3.08. The van der Waals surface area contributed by atoms with Crippen LogP contribution in [0.25, 0.3) is 16.7 Å². The molecule has 0 bridgehead atoms. The molecule has 2 aromatic heterocycles. The first-order valence-corrected chi connectivity index (χ1v) is 5.89. The van der Waals surface area contributed by atoms with Crippen LogP contribution in [0.1, 0.15) is 5.56 Å². The predicted molar refractivity (Wildman–Crippen MR) is 73.0 cm³/mol. The fourth-order valence-corrected chi connectivity index (χ4v) is 2.28. The molecule has 4 nitrogen and oxygen atoms in total. The van der Waals surface area contributed by atoms with Crippen LogP contribution in [0.4, 0.5) is 5.95 Å². The number of rotatable bonds is 1. The number of nitrogen functional groups attached to an aromatic ring is 1. The maximum atomic E-state index is 6.19. The number of pyridine rings is 1. The molecule has 2 heterocycles. The summed E-state index contributed by atoms with van der Waals surface area (Å²) < 4.78 is 1.84. The van der Waals surface area contributed by atoms with Crippen molar-refractivity contribution >= 4 is 28.6 Å². The van der Waals surface area contributed by atoms with E-state index >= 15 is 0 Å². The lowest BCUT2D eigenvalue weighted by Crippen LogP contribution is -2.01. The second-order valence-corrected chi connectivity index (χ2v) is 4.54. The van der Waals surface area contributed by atoms with Gasteiger partial charge in [-0.15, -0.1) is 0 Å². The van der Waals surface area contributed by atoms with Gasteiger partial charge in [-0.1, -0.05) is 23.7 Å². The Balaban J connectivity index is 2.38. The van der Waals surface area contributed by atoms with E-state index in [1.807, 2.05) is 35.8 Å². The zero-order valence-corrected chi connectivity index (χ0v) is 10.5. The quantitative estimate of drug-likeness (QED) is 0.730. The number of anilines is 1. The maximum Gasteiger partial charge on any atom is 0.206 e. The highest BCUT2D eigenvalue weighted by atomic mass is 35.5. The van der Waals surface area contributed by atoms with Crippen LogP contribution in [-0.4, -0.2) is 14.5 Å². The van der Waals surface area contributed by atoms with Crippen LogP contribution in [0.5, 0.6) is 0 Å². The summed E-state index contributed by atoms with van der Waals surface area (Å²) in [6, 6.07) is 8.02. The lowest BCUT2D eigenvalue weighted by Gasteiger charge is -2.07. The zero-order chi connectivity index (χ0) is 12.7. The van der Waals surface area contributed by atoms with Gasteiger partial charge in [-0.3, -0.25) is 9.55 Å². The Bertz CT molecular complexity index is 733. The Morgan fingerprint density at radius 1 is 1.28 bits per heavy atom. The van der Waals surface area contributed by atoms with Gasteiger partial charge in [-0.25, -0.2) is 4.98 Å². The minimum absolute atomic E-state index is 0.408. The average Bonchev–Trinajstić information content (AvgIpc) is 2.67. The van der Waals surface area contributed by atoms with E-state index in [1.54, 1.807) is 12.4 Å². The number of fused-ring (bicyclic) bond motifs is 1. The van der Waals surface area contributed by atoms with E-state index in [1.165, 1.54) is 0 Å². The van der Waals surface area contributed by atoms with Crippen molar-refractivity contribution in [3.05, 3.63) is 47.2 Å². The lowest BCUT2D eigenvalue weighted by molar-refractivity contribution is 1.10. The van der Waals surface area contributed by atoms with Gasteiger partial charge in [-0.05, 0) is 24.6 Å². The number of aryl methyl sites for hydroxylation is 1. The first-order valence-electron chi connectivity index (χ1n) is 5.51. The van der Waals surface area contributed by atoms with Gasteiger partial charge >= 0.3 is 0 Å². The Labute approximate surface area is 109 Å². The minimum Gasteiger partial charge on any atom is -0.369 e. The molecule has 2 N–H and O–H groups in total. The van der Waals surface area contributed by atoms with E-state index in [2.05, 4.69) is 9.97 Å². The first kappa shape index (κ1) is 11.0. The first-order chi connectivity index (χ1) is 8.66. The van der Waals surface area contributed by atoms with E-state index < -0.39 is 0 Å². The van der Waals surface area contributed by atoms with Crippen molar-refractivity contribution in [1.82, 2.24) is 14.5 Å². The van der Waals surface area contributed by atoms with Crippen LogP contribution in [-0.2, 0) is 0 Å². The van der Waals surface area contributed by atoms with Crippen molar-refractivity contribution in [3.63, 3.8) is 0 Å². The molecule has 0 saturated carbocycles. The minimum atomic E-state index is 0.408. The number of nitrogens with zero attached hydrogens (tertiary/aromatic N) is 3. The highest BCUT2D eigenvalue weighted by Gasteiger charge is 2.13. The largest absolute Gasteiger partial charge is 0.369 e. The molecule has 0 amide bonds. The third-order valence-electron chi connectivity index (χ3n) is 2.80. The average molecular weight is 259 g/mol. The van der Waals surface area contributed by atoms with E-state index in [9.17, 15) is 0 Å². The van der Waals surface area contributed by atoms with E-state index in [0.29, 0.717) is 16.5 Å². The molecule has 0 atom stereocenters. The van der Waals surface area contributed by atoms with Crippen LogP contribution in [0, 0.1) is 6.92 Å². The smallest absolute Gasteiger partial charge is 0.206 e. The summed E-state index contributed by atoms with van der Waals surface area (Å²) in [7, 11) is 0. The van der Waals surface area contributed by atoms with Crippen molar-refractivity contribution < 1.29 is 0 Å². The predicted octanol–water partition coefficient (Wildman–Crippen LogP) is 2.96. The van der Waals surface area contributed by atoms with Crippen molar-refractivity contribution in [1.29, 1.82) is 0 Å². The number of halogens is 1. The Kier molecular flexibility index (Phi) is 2.45. The van der Waals surface area contributed by atoms with Gasteiger partial charge in [-0.2, -0.15) is 0 Å². The normalized spacial score (nSPS) is 11.0. The fourth-order valence-electron chi connectivity index (χ4n) is 2.04. The summed E-state index contributed by atoms with van der Waals surface area (Å²) in [6.07, 6.45) is 3.25. The Hall–Kier alpha value is -2.07. The highest BCUT2D eigenvalue weighted by molar-refractivity contribution is 6.35. The van der Waals surface area contributed by atoms with Crippen molar-refractivity contribution in [3.8, 4) is 5.69 Å². The fraction of sp³-hybridized carbons (Fsp3) is 0.0769. The van der Waals surface area contributed by atoms with E-state index in [0.717, 1.165) is 16.8 Å². The number of aromatic nitrogens is 3. The summed E-state index contributed by atoms with van der Waals surface area (Å²) in [4.78, 5) is 8.29. The monoisotopic (exact) mass is 258 g/mol. The molecule has 0 saturated heterocycles. The SMILES string of the molecule is Cc1cccc(-n2c(N)nc3cncc(Cl)c32)c1. The zero-order valence-electron chi connectivity index (χ0n) is 9.76. The summed E-state index contributed by atoms with van der Waals surface area (Å²) in [5.74, 6) is 0.408. The molecular weight excluding hydrogens is 248 g/mol. The van der Waals surface area contributed by atoms with Crippen LogP contribution in [0.2, 0.25) is 5.02 Å². The third kappa shape index (κ3) is 1.62. The molecule has 0 aliphatic carbocycles. The molecule has 0 unspecified atom stereocenters. The molecule has 0 radical (unpaired) electrons. The van der Waals surface area contributed by atoms with Crippen molar-refractivity contribution in [2.75, 3.05) is 5.73 Å². The number of nitrogens with two attached hydrogens (primary N) is 1. The molecule has 0 fully saturated rings. The molecule has 3 rings (SSSR count). The summed E-state index contributed by atoms with van der Waals surface area (Å²) in [5.41, 5.74) is 9.55. The van der Waals surface area contributed by atoms with Gasteiger partial charge in [0.1, 0.15) is 5.52 Å². The van der Waals surface area contributed by atoms with Gasteiger partial charge in [0, 0.05) is 11.9 Å². The van der Waals surface area contributed by atoms with Crippen LogP contribution in [0.3, 0.4) is 0 Å². The Morgan fingerprint density at radius 3 is 2.89 bits per heavy atom. The second kappa shape index (κ2) is 3.99. The Morgan fingerprint density at radius 2 is 2.11 bits per heavy atom. The lowest BCUT2D eigenvalue weighted by atomic mass is 10.2. The van der Waals surface area contributed by atoms with Gasteiger partial charge in [0.2, 0.25) is 5.95 Å². The van der Waals surface area contributed by atoms with Gasteiger partial charge in [0.15, 0.2) is 0 Å². The molecule has 90 valence electrons. The van der Waals surface area contributed by atoms with Crippen LogP contribution < -0.4 is 5.73 Å². The molecule has 3 aromatic rings. The molecular formula is C13H11ClN4. The van der Waals surface area contributed by atoms with Gasteiger partial charge < -0.3 is 5.73 Å². The number of hydrogen-bond donors (Lipinski definition) is 1. The number of imidazole rings is 1.